The third-order valence-electron chi connectivity index (χ3n) is 3.68. The predicted molar refractivity (Wildman–Crippen MR) is 83.4 cm³/mol. The molecular weight excluding hydrogens is 392 g/mol. The molecule has 28 heavy (non-hydrogen) atoms. The molecule has 0 aliphatic heterocycles. The third kappa shape index (κ3) is 3.13. The van der Waals surface area contributed by atoms with Gasteiger partial charge in [0, 0.05) is 11.6 Å². The van der Waals surface area contributed by atoms with Gasteiger partial charge in [-0.25, -0.2) is 9.07 Å². The number of rotatable bonds is 3. The van der Waals surface area contributed by atoms with Crippen LogP contribution in [0.2, 0.25) is 0 Å². The summed E-state index contributed by atoms with van der Waals surface area (Å²) in [4.78, 5) is 9.57. The second kappa shape index (κ2) is 6.37. The van der Waals surface area contributed by atoms with Gasteiger partial charge >= 0.3 is 11.9 Å². The van der Waals surface area contributed by atoms with Gasteiger partial charge in [-0.05, 0) is 18.2 Å². The van der Waals surface area contributed by atoms with E-state index in [-0.39, 0.29) is 5.69 Å². The van der Waals surface area contributed by atoms with Crippen molar-refractivity contribution in [1.29, 1.82) is 0 Å². The molecule has 1 heterocycles. The molecule has 0 atom stereocenters. The van der Waals surface area contributed by atoms with Crippen LogP contribution in [0.15, 0.2) is 30.5 Å². The van der Waals surface area contributed by atoms with Gasteiger partial charge in [0.15, 0.2) is 17.3 Å². The van der Waals surface area contributed by atoms with Crippen molar-refractivity contribution in [3.63, 3.8) is 0 Å². The summed E-state index contributed by atoms with van der Waals surface area (Å²) in [6, 6.07) is 3.41. The van der Waals surface area contributed by atoms with Crippen LogP contribution in [0.4, 0.5) is 23.2 Å². The van der Waals surface area contributed by atoms with E-state index < -0.39 is 56.7 Å². The van der Waals surface area contributed by atoms with Gasteiger partial charge in [-0.3, -0.25) is 10.1 Å². The number of phenolic OH excluding ortho intramolecular Hbond substituents is 3. The number of benzene rings is 2. The van der Waals surface area contributed by atoms with Crippen LogP contribution in [-0.2, 0) is 6.18 Å². The average molecular weight is 400 g/mol. The Morgan fingerprint density at radius 1 is 1.11 bits per heavy atom. The van der Waals surface area contributed by atoms with Gasteiger partial charge < -0.3 is 15.3 Å². The van der Waals surface area contributed by atoms with Crippen molar-refractivity contribution < 1.29 is 37.8 Å². The van der Waals surface area contributed by atoms with Gasteiger partial charge in [-0.2, -0.15) is 13.2 Å². The lowest BCUT2D eigenvalue weighted by molar-refractivity contribution is -0.389. The number of nitrogens with zero attached hydrogens (tertiary/aromatic N) is 4. The van der Waals surface area contributed by atoms with Crippen LogP contribution >= 0.6 is 0 Å². The third-order valence-corrected chi connectivity index (χ3v) is 3.68. The number of phenols is 3. The molecule has 0 amide bonds. The van der Waals surface area contributed by atoms with Crippen molar-refractivity contribution >= 4 is 5.69 Å². The SMILES string of the molecule is O=[N+]([O-])c1c(O)c(O)cc(-c2cn(-c3ccc(F)c(O)c3)nn2)c1C(F)(F)F. The first-order chi connectivity index (χ1) is 13.0. The Morgan fingerprint density at radius 3 is 2.36 bits per heavy atom. The van der Waals surface area contributed by atoms with Crippen LogP contribution in [0.3, 0.4) is 0 Å². The van der Waals surface area contributed by atoms with E-state index in [0.29, 0.717) is 6.07 Å². The Hall–Kier alpha value is -3.90. The summed E-state index contributed by atoms with van der Waals surface area (Å²) in [7, 11) is 0. The summed E-state index contributed by atoms with van der Waals surface area (Å²) in [6.07, 6.45) is -4.36. The minimum Gasteiger partial charge on any atom is -0.505 e. The summed E-state index contributed by atoms with van der Waals surface area (Å²) in [5, 5.41) is 46.6. The number of hydrogen-bond acceptors (Lipinski definition) is 7. The molecule has 0 fully saturated rings. The molecule has 1 aromatic heterocycles. The number of alkyl halides is 3. The Labute approximate surface area is 151 Å². The Kier molecular flexibility index (Phi) is 4.29. The van der Waals surface area contributed by atoms with E-state index in [1.165, 1.54) is 0 Å². The predicted octanol–water partition coefficient (Wildman–Crippen LogP) is 3.12. The van der Waals surface area contributed by atoms with Crippen molar-refractivity contribution in [3.8, 4) is 34.2 Å². The lowest BCUT2D eigenvalue weighted by Gasteiger charge is -2.13. The highest BCUT2D eigenvalue weighted by Crippen LogP contribution is 2.49. The van der Waals surface area contributed by atoms with E-state index in [1.54, 1.807) is 0 Å². The second-order valence-corrected chi connectivity index (χ2v) is 5.45. The highest BCUT2D eigenvalue weighted by atomic mass is 19.4. The van der Waals surface area contributed by atoms with Crippen LogP contribution in [0.1, 0.15) is 5.56 Å². The first-order valence-corrected chi connectivity index (χ1v) is 7.22. The number of nitro benzene ring substituents is 1. The largest absolute Gasteiger partial charge is 0.505 e. The highest BCUT2D eigenvalue weighted by molar-refractivity contribution is 5.76. The lowest BCUT2D eigenvalue weighted by Crippen LogP contribution is -2.11. The van der Waals surface area contributed by atoms with Gasteiger partial charge in [-0.15, -0.1) is 5.10 Å². The summed E-state index contributed by atoms with van der Waals surface area (Å²) in [5.74, 6) is -4.40. The van der Waals surface area contributed by atoms with Gasteiger partial charge in [0.05, 0.1) is 16.8 Å². The molecule has 13 heteroatoms. The minimum atomic E-state index is -5.28. The van der Waals surface area contributed by atoms with Crippen LogP contribution in [0.25, 0.3) is 16.9 Å². The summed E-state index contributed by atoms with van der Waals surface area (Å²) in [5.41, 5.74) is -4.98. The van der Waals surface area contributed by atoms with E-state index in [1.807, 2.05) is 0 Å². The fourth-order valence-corrected chi connectivity index (χ4v) is 2.47. The van der Waals surface area contributed by atoms with Crippen LogP contribution in [0, 0.1) is 15.9 Å². The highest BCUT2D eigenvalue weighted by Gasteiger charge is 2.45. The topological polar surface area (TPSA) is 135 Å². The van der Waals surface area contributed by atoms with Crippen molar-refractivity contribution in [2.75, 3.05) is 0 Å². The van der Waals surface area contributed by atoms with E-state index >= 15 is 0 Å². The van der Waals surface area contributed by atoms with Crippen molar-refractivity contribution in [2.24, 2.45) is 0 Å². The Morgan fingerprint density at radius 2 is 1.79 bits per heavy atom. The number of aromatic nitrogens is 3. The molecule has 0 radical (unpaired) electrons. The van der Waals surface area contributed by atoms with Gasteiger partial charge in [-0.1, -0.05) is 5.21 Å². The molecule has 0 aliphatic carbocycles. The molecule has 3 rings (SSSR count). The summed E-state index contributed by atoms with van der Waals surface area (Å²) < 4.78 is 54.4. The maximum atomic E-state index is 13.5. The molecule has 0 aliphatic rings. The van der Waals surface area contributed by atoms with Crippen molar-refractivity contribution in [3.05, 3.63) is 52.0 Å². The maximum absolute atomic E-state index is 13.5. The molecule has 0 bridgehead atoms. The quantitative estimate of drug-likeness (QED) is 0.266. The number of aromatic hydroxyl groups is 3. The maximum Gasteiger partial charge on any atom is 0.423 e. The van der Waals surface area contributed by atoms with E-state index in [4.69, 9.17) is 0 Å². The van der Waals surface area contributed by atoms with Gasteiger partial charge in [0.25, 0.3) is 0 Å². The standard InChI is InChI=1S/C15H8F4N4O5/c16-8-2-1-6(3-10(8)24)22-5-9(20-21-22)7-4-11(25)14(26)13(23(27)28)12(7)15(17,18)19/h1-5,24-26H. The monoisotopic (exact) mass is 400 g/mol. The smallest absolute Gasteiger partial charge is 0.423 e. The number of halogens is 4. The lowest BCUT2D eigenvalue weighted by atomic mass is 10.0. The van der Waals surface area contributed by atoms with Gasteiger partial charge in [0.2, 0.25) is 5.75 Å². The molecule has 0 unspecified atom stereocenters. The van der Waals surface area contributed by atoms with Crippen molar-refractivity contribution in [2.45, 2.75) is 6.18 Å². The zero-order valence-electron chi connectivity index (χ0n) is 13.3. The first kappa shape index (κ1) is 18.9. The second-order valence-electron chi connectivity index (χ2n) is 5.45. The summed E-state index contributed by atoms with van der Waals surface area (Å²) >= 11 is 0. The molecule has 9 nitrogen and oxygen atoms in total. The molecular formula is C15H8F4N4O5. The first-order valence-electron chi connectivity index (χ1n) is 7.22. The Bertz CT molecular complexity index is 1100. The molecule has 0 saturated carbocycles. The molecule has 0 spiro atoms. The zero-order chi connectivity index (χ0) is 20.8. The molecule has 0 saturated heterocycles. The Balaban J connectivity index is 2.23. The van der Waals surface area contributed by atoms with Crippen LogP contribution in [0.5, 0.6) is 17.2 Å². The molecule has 2 aromatic carbocycles. The van der Waals surface area contributed by atoms with Gasteiger partial charge in [0.1, 0.15) is 11.3 Å². The zero-order valence-corrected chi connectivity index (χ0v) is 13.3. The van der Waals surface area contributed by atoms with E-state index in [9.17, 15) is 43.0 Å². The number of nitro groups is 1. The fraction of sp³-hybridized carbons (Fsp3) is 0.0667. The van der Waals surface area contributed by atoms with Crippen LogP contribution < -0.4 is 0 Å². The minimum absolute atomic E-state index is 0.0312. The summed E-state index contributed by atoms with van der Waals surface area (Å²) in [6.45, 7) is 0. The van der Waals surface area contributed by atoms with Crippen molar-refractivity contribution in [1.82, 2.24) is 15.0 Å². The van der Waals surface area contributed by atoms with E-state index in [0.717, 1.165) is 29.1 Å². The number of hydrogen-bond donors (Lipinski definition) is 3. The normalized spacial score (nSPS) is 11.6. The molecule has 3 aromatic rings. The average Bonchev–Trinajstić information content (AvgIpc) is 3.07. The fourth-order valence-electron chi connectivity index (χ4n) is 2.47. The molecule has 146 valence electrons. The van der Waals surface area contributed by atoms with E-state index in [2.05, 4.69) is 10.3 Å². The van der Waals surface area contributed by atoms with Crippen LogP contribution in [-0.4, -0.2) is 35.2 Å². The molecule has 3 N–H and O–H groups in total.